The number of halogens is 1. The summed E-state index contributed by atoms with van der Waals surface area (Å²) >= 11 is 3.45. The van der Waals surface area contributed by atoms with Gasteiger partial charge in [0.15, 0.2) is 0 Å². The Morgan fingerprint density at radius 2 is 1.96 bits per heavy atom. The van der Waals surface area contributed by atoms with Crippen molar-refractivity contribution in [2.45, 2.75) is 19.4 Å². The first kappa shape index (κ1) is 16.0. The van der Waals surface area contributed by atoms with Gasteiger partial charge >= 0.3 is 0 Å². The van der Waals surface area contributed by atoms with Crippen LogP contribution in [0.5, 0.6) is 0 Å². The third-order valence-electron chi connectivity index (χ3n) is 4.43. The molecule has 3 aromatic rings. The van der Waals surface area contributed by atoms with Gasteiger partial charge in [0.05, 0.1) is 17.3 Å². The van der Waals surface area contributed by atoms with Crippen molar-refractivity contribution in [3.8, 4) is 0 Å². The number of fused-ring (bicyclic) bond motifs is 1. The summed E-state index contributed by atoms with van der Waals surface area (Å²) in [5.41, 5.74) is 3.95. The van der Waals surface area contributed by atoms with Crippen molar-refractivity contribution in [2.75, 3.05) is 0 Å². The molecule has 2 aromatic carbocycles. The van der Waals surface area contributed by atoms with Gasteiger partial charge in [0.1, 0.15) is 0 Å². The lowest BCUT2D eigenvalue weighted by molar-refractivity contribution is -0.130. The van der Waals surface area contributed by atoms with Crippen LogP contribution in [-0.4, -0.2) is 21.6 Å². The molecule has 0 bridgehead atoms. The van der Waals surface area contributed by atoms with Crippen molar-refractivity contribution in [3.05, 3.63) is 76.4 Å². The molecular weight excluding hydrogens is 378 g/mol. The molecule has 0 N–H and O–H groups in total. The van der Waals surface area contributed by atoms with Crippen molar-refractivity contribution in [3.63, 3.8) is 0 Å². The fourth-order valence-electron chi connectivity index (χ4n) is 3.17. The average molecular weight is 394 g/mol. The highest BCUT2D eigenvalue weighted by Crippen LogP contribution is 2.34. The lowest BCUT2D eigenvalue weighted by Crippen LogP contribution is -2.24. The molecule has 1 aliphatic rings. The Hall–Kier alpha value is -2.53. The molecule has 0 unspecified atom stereocenters. The van der Waals surface area contributed by atoms with E-state index in [-0.39, 0.29) is 11.9 Å². The second-order valence-corrected chi connectivity index (χ2v) is 7.01. The fourth-order valence-corrected chi connectivity index (χ4v) is 3.43. The Balaban J connectivity index is 1.71. The lowest BCUT2D eigenvalue weighted by Gasteiger charge is -2.20. The van der Waals surface area contributed by atoms with E-state index >= 15 is 0 Å². The summed E-state index contributed by atoms with van der Waals surface area (Å²) in [7, 11) is 0. The lowest BCUT2D eigenvalue weighted by atomic mass is 9.97. The monoisotopic (exact) mass is 393 g/mol. The molecule has 0 aliphatic carbocycles. The Morgan fingerprint density at radius 3 is 2.72 bits per heavy atom. The van der Waals surface area contributed by atoms with Gasteiger partial charge in [-0.05, 0) is 35.4 Å². The first-order valence-corrected chi connectivity index (χ1v) is 8.89. The molecule has 0 saturated carbocycles. The quantitative estimate of drug-likeness (QED) is 0.633. The predicted octanol–water partition coefficient (Wildman–Crippen LogP) is 4.69. The highest BCUT2D eigenvalue weighted by Gasteiger charge is 2.31. The molecule has 124 valence electrons. The van der Waals surface area contributed by atoms with Gasteiger partial charge in [-0.3, -0.25) is 9.78 Å². The van der Waals surface area contributed by atoms with E-state index in [1.54, 1.807) is 18.1 Å². The number of hydrazone groups is 1. The number of benzene rings is 2. The number of carbonyl (C=O) groups excluding carboxylic acids is 1. The van der Waals surface area contributed by atoms with Crippen molar-refractivity contribution in [1.82, 2.24) is 9.99 Å². The van der Waals surface area contributed by atoms with E-state index < -0.39 is 0 Å². The molecule has 0 fully saturated rings. The normalized spacial score (nSPS) is 17.0. The molecule has 1 amide bonds. The molecule has 0 radical (unpaired) electrons. The maximum atomic E-state index is 12.1. The van der Waals surface area contributed by atoms with E-state index in [1.807, 2.05) is 42.5 Å². The van der Waals surface area contributed by atoms with E-state index in [4.69, 9.17) is 0 Å². The number of hydrogen-bond acceptors (Lipinski definition) is 3. The van der Waals surface area contributed by atoms with Crippen LogP contribution in [0.2, 0.25) is 0 Å². The molecule has 1 atom stereocenters. The molecule has 5 heteroatoms. The maximum absolute atomic E-state index is 12.1. The Bertz CT molecular complexity index is 982. The zero-order chi connectivity index (χ0) is 17.4. The topological polar surface area (TPSA) is 45.6 Å². The number of amides is 1. The predicted molar refractivity (Wildman–Crippen MR) is 102 cm³/mol. The van der Waals surface area contributed by atoms with Crippen LogP contribution in [0, 0.1) is 0 Å². The number of rotatable bonds is 2. The van der Waals surface area contributed by atoms with Crippen molar-refractivity contribution < 1.29 is 4.79 Å². The van der Waals surface area contributed by atoms with Crippen LogP contribution in [0.25, 0.3) is 10.9 Å². The third kappa shape index (κ3) is 3.07. The number of aromatic nitrogens is 1. The van der Waals surface area contributed by atoms with E-state index in [1.165, 1.54) is 0 Å². The highest BCUT2D eigenvalue weighted by molar-refractivity contribution is 9.10. The molecule has 0 spiro atoms. The average Bonchev–Trinajstić information content (AvgIpc) is 3.07. The van der Waals surface area contributed by atoms with E-state index in [2.05, 4.69) is 38.1 Å². The van der Waals surface area contributed by atoms with Crippen LogP contribution in [0.1, 0.15) is 30.5 Å². The molecule has 25 heavy (non-hydrogen) atoms. The molecule has 1 aromatic heterocycles. The van der Waals surface area contributed by atoms with Gasteiger partial charge in [0.2, 0.25) is 5.91 Å². The largest absolute Gasteiger partial charge is 0.273 e. The van der Waals surface area contributed by atoms with Crippen LogP contribution < -0.4 is 0 Å². The summed E-state index contributed by atoms with van der Waals surface area (Å²) in [5, 5.41) is 7.27. The van der Waals surface area contributed by atoms with Crippen LogP contribution in [0.4, 0.5) is 0 Å². The summed E-state index contributed by atoms with van der Waals surface area (Å²) in [6, 6.07) is 18.0. The molecule has 0 saturated heterocycles. The van der Waals surface area contributed by atoms with Gasteiger partial charge in [-0.15, -0.1) is 0 Å². The van der Waals surface area contributed by atoms with Gasteiger partial charge in [-0.2, -0.15) is 5.10 Å². The van der Waals surface area contributed by atoms with Gasteiger partial charge in [-0.1, -0.05) is 46.3 Å². The smallest absolute Gasteiger partial charge is 0.240 e. The van der Waals surface area contributed by atoms with Crippen LogP contribution in [0.3, 0.4) is 0 Å². The first-order chi connectivity index (χ1) is 12.1. The standard InChI is InChI=1S/C20H16BrN3O/c1-13(25)24-20(12-19(23-24)15-6-8-17(21)9-7-15)16-5-4-14-3-2-10-22-18(14)11-16/h2-11,20H,12H2,1H3/t20-/m1/s1. The Labute approximate surface area is 154 Å². The molecule has 1 aliphatic heterocycles. The Morgan fingerprint density at radius 1 is 1.16 bits per heavy atom. The van der Waals surface area contributed by atoms with Gasteiger partial charge < -0.3 is 0 Å². The highest BCUT2D eigenvalue weighted by atomic mass is 79.9. The molecular formula is C20H16BrN3O. The van der Waals surface area contributed by atoms with Crippen LogP contribution in [0.15, 0.2) is 70.4 Å². The number of hydrogen-bond donors (Lipinski definition) is 0. The minimum atomic E-state index is -0.0949. The molecule has 4 rings (SSSR count). The van der Waals surface area contributed by atoms with Crippen molar-refractivity contribution >= 4 is 38.5 Å². The molecule has 4 nitrogen and oxygen atoms in total. The zero-order valence-corrected chi connectivity index (χ0v) is 15.3. The van der Waals surface area contributed by atoms with Gasteiger partial charge in [-0.25, -0.2) is 5.01 Å². The fraction of sp³-hybridized carbons (Fsp3) is 0.150. The summed E-state index contributed by atoms with van der Waals surface area (Å²) in [6.45, 7) is 1.56. The number of nitrogens with zero attached hydrogens (tertiary/aromatic N) is 3. The summed E-state index contributed by atoms with van der Waals surface area (Å²) < 4.78 is 1.02. The van der Waals surface area contributed by atoms with Gasteiger partial charge in [0.25, 0.3) is 0 Å². The van der Waals surface area contributed by atoms with Crippen LogP contribution >= 0.6 is 15.9 Å². The second-order valence-electron chi connectivity index (χ2n) is 6.09. The number of carbonyl (C=O) groups is 1. The minimum absolute atomic E-state index is 0.0572. The second kappa shape index (κ2) is 6.41. The maximum Gasteiger partial charge on any atom is 0.240 e. The van der Waals surface area contributed by atoms with Gasteiger partial charge in [0, 0.05) is 29.4 Å². The Kier molecular flexibility index (Phi) is 4.09. The van der Waals surface area contributed by atoms with E-state index in [9.17, 15) is 4.79 Å². The zero-order valence-electron chi connectivity index (χ0n) is 13.7. The van der Waals surface area contributed by atoms with Crippen molar-refractivity contribution in [2.24, 2.45) is 5.10 Å². The van der Waals surface area contributed by atoms with Crippen molar-refractivity contribution in [1.29, 1.82) is 0 Å². The molecule has 2 heterocycles. The first-order valence-electron chi connectivity index (χ1n) is 8.10. The van der Waals surface area contributed by atoms with E-state index in [0.29, 0.717) is 6.42 Å². The summed E-state index contributed by atoms with van der Waals surface area (Å²) in [6.07, 6.45) is 2.48. The summed E-state index contributed by atoms with van der Waals surface area (Å²) in [4.78, 5) is 16.5. The third-order valence-corrected chi connectivity index (χ3v) is 4.95. The minimum Gasteiger partial charge on any atom is -0.273 e. The summed E-state index contributed by atoms with van der Waals surface area (Å²) in [5.74, 6) is -0.0572. The number of pyridine rings is 1. The van der Waals surface area contributed by atoms with E-state index in [0.717, 1.165) is 32.2 Å². The van der Waals surface area contributed by atoms with Crippen LogP contribution in [-0.2, 0) is 4.79 Å². The SMILES string of the molecule is CC(=O)N1N=C(c2ccc(Br)cc2)C[C@@H]1c1ccc2cccnc2c1.